The molecule has 0 amide bonds. The Bertz CT molecular complexity index is 400. The Morgan fingerprint density at radius 3 is 2.88 bits per heavy atom. The van der Waals surface area contributed by atoms with Crippen LogP contribution in [0.25, 0.3) is 0 Å². The number of carbonyl (C=O) groups excluding carboxylic acids is 2. The predicted molar refractivity (Wildman–Crippen MR) is 58.7 cm³/mol. The highest BCUT2D eigenvalue weighted by atomic mass is 35.5. The number of ketones is 1. The van der Waals surface area contributed by atoms with Gasteiger partial charge in [0.1, 0.15) is 5.76 Å². The second kappa shape index (κ2) is 4.39. The molecule has 0 bridgehead atoms. The third-order valence-electron chi connectivity index (χ3n) is 2.78. The maximum Gasteiger partial charge on any atom is 0.335 e. The SMILES string of the molecule is NCCC1=CC(=O)OC2=CC(=O)C(Cl)CC12. The van der Waals surface area contributed by atoms with Gasteiger partial charge in [-0.1, -0.05) is 5.57 Å². The van der Waals surface area contributed by atoms with Crippen molar-refractivity contribution >= 4 is 23.4 Å². The Labute approximate surface area is 98.1 Å². The molecule has 0 saturated carbocycles. The Kier molecular flexibility index (Phi) is 3.12. The van der Waals surface area contributed by atoms with Gasteiger partial charge in [-0.3, -0.25) is 4.79 Å². The van der Waals surface area contributed by atoms with Crippen LogP contribution in [0.2, 0.25) is 0 Å². The number of fused-ring (bicyclic) bond motifs is 1. The highest BCUT2D eigenvalue weighted by Gasteiger charge is 2.35. The van der Waals surface area contributed by atoms with Gasteiger partial charge in [-0.05, 0) is 19.4 Å². The van der Waals surface area contributed by atoms with Crippen molar-refractivity contribution in [1.29, 1.82) is 0 Å². The molecule has 2 N–H and O–H groups in total. The fourth-order valence-electron chi connectivity index (χ4n) is 2.02. The quantitative estimate of drug-likeness (QED) is 0.576. The van der Waals surface area contributed by atoms with Crippen LogP contribution in [-0.2, 0) is 14.3 Å². The molecule has 0 fully saturated rings. The molecule has 86 valence electrons. The van der Waals surface area contributed by atoms with Gasteiger partial charge in [-0.25, -0.2) is 4.79 Å². The van der Waals surface area contributed by atoms with Crippen LogP contribution in [0.4, 0.5) is 0 Å². The minimum atomic E-state index is -0.535. The van der Waals surface area contributed by atoms with Gasteiger partial charge >= 0.3 is 5.97 Å². The summed E-state index contributed by atoms with van der Waals surface area (Å²) >= 11 is 5.90. The lowest BCUT2D eigenvalue weighted by Crippen LogP contribution is -2.31. The van der Waals surface area contributed by atoms with Crippen molar-refractivity contribution in [2.24, 2.45) is 11.7 Å². The molecule has 1 heterocycles. The standard InChI is InChI=1S/C11H12ClNO3/c12-8-4-7-6(1-2-13)3-11(15)16-10(7)5-9(8)14/h3,5,7-8H,1-2,4,13H2. The molecule has 0 aromatic carbocycles. The van der Waals surface area contributed by atoms with Gasteiger partial charge in [0.2, 0.25) is 0 Å². The van der Waals surface area contributed by atoms with Crippen molar-refractivity contribution in [2.45, 2.75) is 18.2 Å². The van der Waals surface area contributed by atoms with Gasteiger partial charge < -0.3 is 10.5 Å². The Morgan fingerprint density at radius 2 is 2.19 bits per heavy atom. The number of alkyl halides is 1. The van der Waals surface area contributed by atoms with Crippen LogP contribution in [-0.4, -0.2) is 23.7 Å². The molecule has 16 heavy (non-hydrogen) atoms. The summed E-state index contributed by atoms with van der Waals surface area (Å²) < 4.78 is 5.01. The monoisotopic (exact) mass is 241 g/mol. The minimum Gasteiger partial charge on any atom is -0.427 e. The molecule has 1 aliphatic heterocycles. The number of rotatable bonds is 2. The third-order valence-corrected chi connectivity index (χ3v) is 3.17. The summed E-state index contributed by atoms with van der Waals surface area (Å²) in [5.74, 6) is -0.291. The minimum absolute atomic E-state index is 0.0681. The van der Waals surface area contributed by atoms with Crippen LogP contribution in [0.5, 0.6) is 0 Å². The number of carbonyl (C=O) groups is 2. The molecule has 4 nitrogen and oxygen atoms in total. The highest BCUT2D eigenvalue weighted by Crippen LogP contribution is 2.36. The summed E-state index contributed by atoms with van der Waals surface area (Å²) in [5.41, 5.74) is 6.38. The van der Waals surface area contributed by atoms with Crippen molar-refractivity contribution in [3.8, 4) is 0 Å². The van der Waals surface area contributed by atoms with E-state index in [2.05, 4.69) is 0 Å². The maximum atomic E-state index is 11.4. The molecular formula is C11H12ClNO3. The van der Waals surface area contributed by atoms with Gasteiger partial charge in [0.15, 0.2) is 5.78 Å². The number of allylic oxidation sites excluding steroid dienone is 2. The fraction of sp³-hybridized carbons (Fsp3) is 0.455. The molecule has 0 radical (unpaired) electrons. The molecule has 0 aromatic rings. The van der Waals surface area contributed by atoms with Crippen LogP contribution >= 0.6 is 11.6 Å². The number of nitrogens with two attached hydrogens (primary N) is 1. The van der Waals surface area contributed by atoms with Crippen LogP contribution in [0.1, 0.15) is 12.8 Å². The van der Waals surface area contributed by atoms with Crippen LogP contribution < -0.4 is 5.73 Å². The van der Waals surface area contributed by atoms with E-state index in [4.69, 9.17) is 22.1 Å². The zero-order valence-electron chi connectivity index (χ0n) is 8.61. The predicted octanol–water partition coefficient (Wildman–Crippen LogP) is 0.899. The first-order valence-corrected chi connectivity index (χ1v) is 5.57. The first kappa shape index (κ1) is 11.4. The van der Waals surface area contributed by atoms with Gasteiger partial charge in [0.25, 0.3) is 0 Å². The first-order chi connectivity index (χ1) is 7.61. The number of ether oxygens (including phenoxy) is 1. The van der Waals surface area contributed by atoms with Gasteiger partial charge in [0, 0.05) is 18.1 Å². The van der Waals surface area contributed by atoms with Gasteiger partial charge in [-0.15, -0.1) is 11.6 Å². The largest absolute Gasteiger partial charge is 0.427 e. The lowest BCUT2D eigenvalue weighted by atomic mass is 9.83. The maximum absolute atomic E-state index is 11.4. The van der Waals surface area contributed by atoms with E-state index in [0.29, 0.717) is 25.1 Å². The molecular weight excluding hydrogens is 230 g/mol. The number of esters is 1. The summed E-state index contributed by atoms with van der Waals surface area (Å²) in [6.07, 6.45) is 3.88. The summed E-state index contributed by atoms with van der Waals surface area (Å²) in [7, 11) is 0. The molecule has 0 spiro atoms. The van der Waals surface area contributed by atoms with Gasteiger partial charge in [0.05, 0.1) is 5.38 Å². The summed E-state index contributed by atoms with van der Waals surface area (Å²) in [4.78, 5) is 22.6. The molecule has 2 rings (SSSR count). The molecule has 0 aromatic heterocycles. The molecule has 2 aliphatic rings. The topological polar surface area (TPSA) is 69.4 Å². The zero-order valence-corrected chi connectivity index (χ0v) is 9.37. The Morgan fingerprint density at radius 1 is 1.44 bits per heavy atom. The third kappa shape index (κ3) is 2.03. The number of halogens is 1. The number of hydrogen-bond acceptors (Lipinski definition) is 4. The average molecular weight is 242 g/mol. The van der Waals surface area contributed by atoms with E-state index in [1.165, 1.54) is 12.2 Å². The average Bonchev–Trinajstić information content (AvgIpc) is 2.21. The lowest BCUT2D eigenvalue weighted by molar-refractivity contribution is -0.135. The lowest BCUT2D eigenvalue weighted by Gasteiger charge is -2.30. The Hall–Kier alpha value is -1.13. The normalized spacial score (nSPS) is 29.1. The van der Waals surface area contributed by atoms with E-state index in [0.717, 1.165) is 5.57 Å². The molecule has 5 heteroatoms. The van der Waals surface area contributed by atoms with Crippen LogP contribution in [0, 0.1) is 5.92 Å². The molecule has 0 saturated heterocycles. The number of hydrogen-bond donors (Lipinski definition) is 1. The van der Waals surface area contributed by atoms with E-state index in [-0.39, 0.29) is 11.7 Å². The Balaban J connectivity index is 2.32. The molecule has 1 aliphatic carbocycles. The summed E-state index contributed by atoms with van der Waals surface area (Å²) in [6.45, 7) is 0.462. The van der Waals surface area contributed by atoms with E-state index in [9.17, 15) is 9.59 Å². The zero-order chi connectivity index (χ0) is 11.7. The molecule has 2 unspecified atom stereocenters. The second-order valence-electron chi connectivity index (χ2n) is 3.88. The van der Waals surface area contributed by atoms with E-state index in [1.54, 1.807) is 0 Å². The highest BCUT2D eigenvalue weighted by molar-refractivity contribution is 6.33. The smallest absolute Gasteiger partial charge is 0.335 e. The molecule has 2 atom stereocenters. The second-order valence-corrected chi connectivity index (χ2v) is 4.41. The summed E-state index contributed by atoms with van der Waals surface area (Å²) in [6, 6.07) is 0. The van der Waals surface area contributed by atoms with E-state index < -0.39 is 11.3 Å². The van der Waals surface area contributed by atoms with E-state index in [1.807, 2.05) is 0 Å². The first-order valence-electron chi connectivity index (χ1n) is 5.13. The van der Waals surface area contributed by atoms with Crippen molar-refractivity contribution in [3.05, 3.63) is 23.5 Å². The van der Waals surface area contributed by atoms with Crippen molar-refractivity contribution < 1.29 is 14.3 Å². The van der Waals surface area contributed by atoms with Crippen molar-refractivity contribution in [2.75, 3.05) is 6.54 Å². The fourth-order valence-corrected chi connectivity index (χ4v) is 2.26. The van der Waals surface area contributed by atoms with Crippen LogP contribution in [0.3, 0.4) is 0 Å². The van der Waals surface area contributed by atoms with E-state index >= 15 is 0 Å². The van der Waals surface area contributed by atoms with Gasteiger partial charge in [-0.2, -0.15) is 0 Å². The van der Waals surface area contributed by atoms with Crippen molar-refractivity contribution in [3.63, 3.8) is 0 Å². The summed E-state index contributed by atoms with van der Waals surface area (Å²) in [5, 5.41) is -0.535. The van der Waals surface area contributed by atoms with Crippen LogP contribution in [0.15, 0.2) is 23.5 Å². The van der Waals surface area contributed by atoms with Crippen molar-refractivity contribution in [1.82, 2.24) is 0 Å².